The van der Waals surface area contributed by atoms with Crippen LogP contribution in [0.1, 0.15) is 32.6 Å². The highest BCUT2D eigenvalue weighted by Crippen LogP contribution is 2.56. The number of carbonyl (C=O) groups excluding carboxylic acids is 1. The van der Waals surface area contributed by atoms with Gasteiger partial charge in [0.1, 0.15) is 11.5 Å². The van der Waals surface area contributed by atoms with Gasteiger partial charge in [0, 0.05) is 21.7 Å². The van der Waals surface area contributed by atoms with Crippen molar-refractivity contribution >= 4 is 17.6 Å². The summed E-state index contributed by atoms with van der Waals surface area (Å²) in [6.07, 6.45) is 0. The van der Waals surface area contributed by atoms with Crippen molar-refractivity contribution in [3.05, 3.63) is 93.5 Å². The zero-order valence-corrected chi connectivity index (χ0v) is 14.1. The molecule has 0 N–H and O–H groups in total. The number of hydrogen-bond donors (Lipinski definition) is 0. The molecule has 3 aromatic rings. The predicted octanol–water partition coefficient (Wildman–Crippen LogP) is 5.22. The average Bonchev–Trinajstić information content (AvgIpc) is 2.90. The van der Waals surface area contributed by atoms with Crippen LogP contribution in [0.3, 0.4) is 0 Å². The highest BCUT2D eigenvalue weighted by Gasteiger charge is 2.53. The molecule has 0 aromatic heterocycles. The molecule has 25 heavy (non-hydrogen) atoms. The van der Waals surface area contributed by atoms with Crippen LogP contribution in [-0.4, -0.2) is 5.97 Å². The Morgan fingerprint density at radius 3 is 2.60 bits per heavy atom. The summed E-state index contributed by atoms with van der Waals surface area (Å²) >= 11 is 6.26. The van der Waals surface area contributed by atoms with Crippen molar-refractivity contribution in [2.45, 2.75) is 12.5 Å². The molecule has 1 spiro atoms. The van der Waals surface area contributed by atoms with Crippen LogP contribution in [0.15, 0.2) is 60.7 Å². The normalized spacial score (nSPS) is 19.7. The molecule has 122 valence electrons. The van der Waals surface area contributed by atoms with Crippen molar-refractivity contribution < 1.29 is 14.3 Å². The summed E-state index contributed by atoms with van der Waals surface area (Å²) in [5.41, 5.74) is 2.98. The smallest absolute Gasteiger partial charge is 0.340 e. The monoisotopic (exact) mass is 348 g/mol. The van der Waals surface area contributed by atoms with E-state index in [2.05, 4.69) is 0 Å². The number of aryl methyl sites for hydroxylation is 1. The summed E-state index contributed by atoms with van der Waals surface area (Å²) in [4.78, 5) is 12.6. The first kappa shape index (κ1) is 14.6. The first-order valence-electron chi connectivity index (χ1n) is 8.01. The third-order valence-electron chi connectivity index (χ3n) is 4.83. The molecule has 0 saturated carbocycles. The fourth-order valence-electron chi connectivity index (χ4n) is 3.75. The van der Waals surface area contributed by atoms with Crippen molar-refractivity contribution in [1.82, 2.24) is 0 Å². The summed E-state index contributed by atoms with van der Waals surface area (Å²) in [7, 11) is 0. The molecule has 4 heteroatoms. The number of ether oxygens (including phenoxy) is 2. The average molecular weight is 349 g/mol. The summed E-state index contributed by atoms with van der Waals surface area (Å²) in [6.45, 7) is 2.00. The highest BCUT2D eigenvalue weighted by atomic mass is 35.5. The number of fused-ring (bicyclic) bond motifs is 6. The second-order valence-electron chi connectivity index (χ2n) is 6.36. The van der Waals surface area contributed by atoms with Crippen molar-refractivity contribution in [1.29, 1.82) is 0 Å². The van der Waals surface area contributed by atoms with Gasteiger partial charge in [-0.25, -0.2) is 4.79 Å². The fraction of sp³-hybridized carbons (Fsp3) is 0.0952. The predicted molar refractivity (Wildman–Crippen MR) is 94.4 cm³/mol. The van der Waals surface area contributed by atoms with E-state index in [0.717, 1.165) is 22.3 Å². The molecular formula is C21H13ClO3. The molecule has 2 heterocycles. The van der Waals surface area contributed by atoms with Crippen LogP contribution < -0.4 is 4.74 Å². The Morgan fingerprint density at radius 2 is 1.72 bits per heavy atom. The molecule has 2 aliphatic heterocycles. The zero-order chi connectivity index (χ0) is 17.2. The van der Waals surface area contributed by atoms with E-state index in [4.69, 9.17) is 21.1 Å². The fourth-order valence-corrected chi connectivity index (χ4v) is 3.92. The van der Waals surface area contributed by atoms with Gasteiger partial charge in [-0.3, -0.25) is 0 Å². The maximum atomic E-state index is 12.6. The van der Waals surface area contributed by atoms with Crippen LogP contribution in [0.2, 0.25) is 5.02 Å². The Bertz CT molecular complexity index is 1060. The molecule has 0 amide bonds. The number of hydrogen-bond acceptors (Lipinski definition) is 3. The van der Waals surface area contributed by atoms with Gasteiger partial charge in [-0.05, 0) is 42.8 Å². The van der Waals surface area contributed by atoms with Gasteiger partial charge in [-0.1, -0.05) is 41.9 Å². The number of rotatable bonds is 0. The minimum absolute atomic E-state index is 0.338. The maximum Gasteiger partial charge on any atom is 0.340 e. The number of halogens is 1. The molecule has 0 saturated heterocycles. The van der Waals surface area contributed by atoms with Gasteiger partial charge in [0.15, 0.2) is 5.60 Å². The van der Waals surface area contributed by atoms with E-state index >= 15 is 0 Å². The van der Waals surface area contributed by atoms with E-state index in [1.807, 2.05) is 55.5 Å². The van der Waals surface area contributed by atoms with Gasteiger partial charge in [0.25, 0.3) is 0 Å². The second-order valence-corrected chi connectivity index (χ2v) is 6.79. The molecule has 0 radical (unpaired) electrons. The number of esters is 1. The number of carbonyl (C=O) groups is 1. The molecule has 5 rings (SSSR count). The molecule has 3 nitrogen and oxygen atoms in total. The lowest BCUT2D eigenvalue weighted by Crippen LogP contribution is -2.33. The Morgan fingerprint density at radius 1 is 0.880 bits per heavy atom. The molecule has 2 aliphatic rings. The van der Waals surface area contributed by atoms with E-state index in [1.165, 1.54) is 0 Å². The van der Waals surface area contributed by atoms with Crippen LogP contribution >= 0.6 is 11.6 Å². The Balaban J connectivity index is 1.92. The first-order valence-corrected chi connectivity index (χ1v) is 8.39. The van der Waals surface area contributed by atoms with E-state index in [1.54, 1.807) is 12.1 Å². The second kappa shape index (κ2) is 4.87. The molecule has 0 aliphatic carbocycles. The van der Waals surface area contributed by atoms with Crippen LogP contribution in [0.25, 0.3) is 0 Å². The van der Waals surface area contributed by atoms with Gasteiger partial charge >= 0.3 is 5.97 Å². The van der Waals surface area contributed by atoms with Crippen molar-refractivity contribution in [2.75, 3.05) is 0 Å². The summed E-state index contributed by atoms with van der Waals surface area (Å²) in [6, 6.07) is 18.8. The Hall–Kier alpha value is -2.78. The molecule has 1 unspecified atom stereocenters. The Kier molecular flexibility index (Phi) is 2.83. The van der Waals surface area contributed by atoms with Crippen LogP contribution in [0.5, 0.6) is 11.5 Å². The maximum absolute atomic E-state index is 12.6. The SMILES string of the molecule is Cc1ccc2c(c1)Oc1ccc(Cl)cc1C21OC(=O)c2ccccc21. The molecule has 1 atom stereocenters. The van der Waals surface area contributed by atoms with Crippen LogP contribution in [0.4, 0.5) is 0 Å². The van der Waals surface area contributed by atoms with E-state index in [9.17, 15) is 4.79 Å². The lowest BCUT2D eigenvalue weighted by Gasteiger charge is -2.36. The van der Waals surface area contributed by atoms with Crippen molar-refractivity contribution in [2.24, 2.45) is 0 Å². The minimum atomic E-state index is -1.03. The lowest BCUT2D eigenvalue weighted by molar-refractivity contribution is 0.0224. The summed E-state index contributed by atoms with van der Waals surface area (Å²) < 4.78 is 12.1. The third-order valence-corrected chi connectivity index (χ3v) is 5.06. The first-order chi connectivity index (χ1) is 12.1. The van der Waals surface area contributed by atoms with Gasteiger partial charge in [0.2, 0.25) is 0 Å². The minimum Gasteiger partial charge on any atom is -0.456 e. The van der Waals surface area contributed by atoms with Crippen molar-refractivity contribution in [3.8, 4) is 11.5 Å². The highest BCUT2D eigenvalue weighted by molar-refractivity contribution is 6.30. The molecule has 0 bridgehead atoms. The summed E-state index contributed by atoms with van der Waals surface area (Å²) in [5.74, 6) is 1.00. The quantitative estimate of drug-likeness (QED) is 0.523. The topological polar surface area (TPSA) is 35.5 Å². The van der Waals surface area contributed by atoms with Gasteiger partial charge in [-0.2, -0.15) is 0 Å². The van der Waals surface area contributed by atoms with E-state index in [0.29, 0.717) is 22.1 Å². The summed E-state index contributed by atoms with van der Waals surface area (Å²) in [5, 5.41) is 0.567. The Labute approximate surface area is 149 Å². The van der Waals surface area contributed by atoms with Crippen molar-refractivity contribution in [3.63, 3.8) is 0 Å². The van der Waals surface area contributed by atoms with Crippen LogP contribution in [0, 0.1) is 6.92 Å². The largest absolute Gasteiger partial charge is 0.456 e. The van der Waals surface area contributed by atoms with Gasteiger partial charge < -0.3 is 9.47 Å². The van der Waals surface area contributed by atoms with Gasteiger partial charge in [0.05, 0.1) is 5.56 Å². The van der Waals surface area contributed by atoms with E-state index in [-0.39, 0.29) is 5.97 Å². The van der Waals surface area contributed by atoms with Crippen LogP contribution in [-0.2, 0) is 10.3 Å². The molecule has 3 aromatic carbocycles. The lowest BCUT2D eigenvalue weighted by atomic mass is 9.77. The standard InChI is InChI=1S/C21H13ClO3/c1-12-6-8-16-19(10-12)24-18-9-7-13(22)11-17(18)21(16)15-5-3-2-4-14(15)20(23)25-21/h2-11H,1H3. The molecule has 0 fully saturated rings. The van der Waals surface area contributed by atoms with E-state index < -0.39 is 5.60 Å². The third kappa shape index (κ3) is 1.84. The molecular weight excluding hydrogens is 336 g/mol. The number of benzene rings is 3. The van der Waals surface area contributed by atoms with Gasteiger partial charge in [-0.15, -0.1) is 0 Å². The zero-order valence-electron chi connectivity index (χ0n) is 13.4.